The van der Waals surface area contributed by atoms with E-state index in [2.05, 4.69) is 13.7 Å². The molecule has 8 heteroatoms. The lowest BCUT2D eigenvalue weighted by Crippen LogP contribution is -2.17. The van der Waals surface area contributed by atoms with Gasteiger partial charge in [0.05, 0.1) is 25.5 Å². The lowest BCUT2D eigenvalue weighted by molar-refractivity contribution is -0.137. The van der Waals surface area contributed by atoms with E-state index in [4.69, 9.17) is 0 Å². The summed E-state index contributed by atoms with van der Waals surface area (Å²) < 4.78 is 23.8. The molecule has 3 fully saturated rings. The van der Waals surface area contributed by atoms with E-state index in [-0.39, 0.29) is 12.1 Å². The Morgan fingerprint density at radius 2 is 1.89 bits per heavy atom. The molecule has 0 bridgehead atoms. The van der Waals surface area contributed by atoms with Gasteiger partial charge in [-0.25, -0.2) is 9.00 Å². The Bertz CT molecular complexity index is 299. The molecule has 0 aromatic carbocycles. The standard InChI is InChI=1S/C4H7NO2.C4H6O2.C3H6O2S/c1-5-2-3-7-4(5)6;5-4-2-1-3-6-4;4-6-3-1-2-5-6/h2-3H2,1H3;2*1-3H2. The zero-order chi connectivity index (χ0) is 14.1. The number of hydrogen-bond donors (Lipinski definition) is 0. The predicted molar refractivity (Wildman–Crippen MR) is 67.7 cm³/mol. The summed E-state index contributed by atoms with van der Waals surface area (Å²) in [7, 11) is 1.72. The molecule has 1 atom stereocenters. The molecule has 3 rings (SSSR count). The number of carbonyl (C=O) groups excluding carboxylic acids is 2. The number of rotatable bonds is 0. The second-order valence-corrected chi connectivity index (χ2v) is 5.29. The SMILES string of the molecule is CN1CCOC1=O.O=C1CCCO1.O=S1CCCO1. The Kier molecular flexibility index (Phi) is 7.42. The zero-order valence-corrected chi connectivity index (χ0v) is 11.8. The van der Waals surface area contributed by atoms with Gasteiger partial charge in [-0.05, 0) is 12.8 Å². The summed E-state index contributed by atoms with van der Waals surface area (Å²) in [6.07, 6.45) is 2.30. The highest BCUT2D eigenvalue weighted by Gasteiger charge is 2.15. The summed E-state index contributed by atoms with van der Waals surface area (Å²) in [5.74, 6) is 0.690. The van der Waals surface area contributed by atoms with E-state index in [1.165, 1.54) is 0 Å². The minimum atomic E-state index is -0.923. The first-order valence-corrected chi connectivity index (χ1v) is 7.39. The van der Waals surface area contributed by atoms with Gasteiger partial charge in [0.1, 0.15) is 6.61 Å². The Morgan fingerprint density at radius 1 is 1.11 bits per heavy atom. The second-order valence-electron chi connectivity index (χ2n) is 4.04. The molecule has 110 valence electrons. The van der Waals surface area contributed by atoms with E-state index in [9.17, 15) is 13.8 Å². The number of ether oxygens (including phenoxy) is 2. The van der Waals surface area contributed by atoms with Crippen molar-refractivity contribution < 1.29 is 27.5 Å². The van der Waals surface area contributed by atoms with Crippen LogP contribution in [0.4, 0.5) is 4.79 Å². The Morgan fingerprint density at radius 3 is 2.05 bits per heavy atom. The number of esters is 1. The summed E-state index contributed by atoms with van der Waals surface area (Å²) in [4.78, 5) is 21.8. The Labute approximate surface area is 114 Å². The third kappa shape index (κ3) is 7.12. The van der Waals surface area contributed by atoms with Crippen molar-refractivity contribution in [2.45, 2.75) is 19.3 Å². The molecular formula is C11H19NO6S. The van der Waals surface area contributed by atoms with Gasteiger partial charge in [-0.1, -0.05) is 0 Å². The maximum Gasteiger partial charge on any atom is 0.409 e. The van der Waals surface area contributed by atoms with Crippen LogP contribution in [0.2, 0.25) is 0 Å². The fourth-order valence-electron chi connectivity index (χ4n) is 1.33. The van der Waals surface area contributed by atoms with Gasteiger partial charge in [0.25, 0.3) is 0 Å². The molecular weight excluding hydrogens is 274 g/mol. The summed E-state index contributed by atoms with van der Waals surface area (Å²) in [6, 6.07) is 0. The van der Waals surface area contributed by atoms with Crippen LogP contribution in [-0.2, 0) is 29.5 Å². The van der Waals surface area contributed by atoms with Crippen LogP contribution in [0.1, 0.15) is 19.3 Å². The van der Waals surface area contributed by atoms with Crippen LogP contribution in [0.15, 0.2) is 0 Å². The van der Waals surface area contributed by atoms with E-state index < -0.39 is 11.1 Å². The molecule has 1 amide bonds. The summed E-state index contributed by atoms with van der Waals surface area (Å²) in [5, 5.41) is 0. The number of hydrogen-bond acceptors (Lipinski definition) is 6. The summed E-state index contributed by atoms with van der Waals surface area (Å²) in [5.41, 5.74) is 0. The largest absolute Gasteiger partial charge is 0.466 e. The van der Waals surface area contributed by atoms with Crippen molar-refractivity contribution in [3.05, 3.63) is 0 Å². The monoisotopic (exact) mass is 293 g/mol. The van der Waals surface area contributed by atoms with Gasteiger partial charge < -0.3 is 14.4 Å². The third-order valence-electron chi connectivity index (χ3n) is 2.42. The van der Waals surface area contributed by atoms with Crippen molar-refractivity contribution in [1.82, 2.24) is 4.90 Å². The first kappa shape index (κ1) is 15.9. The van der Waals surface area contributed by atoms with Crippen molar-refractivity contribution >= 4 is 23.1 Å². The van der Waals surface area contributed by atoms with Crippen LogP contribution in [0.5, 0.6) is 0 Å². The van der Waals surface area contributed by atoms with Crippen molar-refractivity contribution in [1.29, 1.82) is 0 Å². The predicted octanol–water partition coefficient (Wildman–Crippen LogP) is 0.462. The maximum atomic E-state index is 10.3. The van der Waals surface area contributed by atoms with Crippen LogP contribution < -0.4 is 0 Å². The minimum Gasteiger partial charge on any atom is -0.466 e. The molecule has 0 aliphatic carbocycles. The van der Waals surface area contributed by atoms with Crippen LogP contribution in [0.25, 0.3) is 0 Å². The van der Waals surface area contributed by atoms with Crippen molar-refractivity contribution in [2.75, 3.05) is 39.2 Å². The molecule has 3 saturated heterocycles. The van der Waals surface area contributed by atoms with Gasteiger partial charge in [-0.2, -0.15) is 0 Å². The molecule has 0 N–H and O–H groups in total. The van der Waals surface area contributed by atoms with E-state index in [1.807, 2.05) is 0 Å². The highest BCUT2D eigenvalue weighted by Crippen LogP contribution is 2.01. The fraction of sp³-hybridized carbons (Fsp3) is 0.818. The second kappa shape index (κ2) is 8.87. The molecule has 0 radical (unpaired) electrons. The maximum absolute atomic E-state index is 10.3. The van der Waals surface area contributed by atoms with Crippen LogP contribution in [-0.4, -0.2) is 60.3 Å². The third-order valence-corrected chi connectivity index (χ3v) is 3.47. The Hall–Kier alpha value is -1.15. The van der Waals surface area contributed by atoms with Gasteiger partial charge in [0.15, 0.2) is 11.1 Å². The lowest BCUT2D eigenvalue weighted by atomic mass is 10.4. The first-order chi connectivity index (χ1) is 9.09. The van der Waals surface area contributed by atoms with Crippen molar-refractivity contribution in [3.8, 4) is 0 Å². The smallest absolute Gasteiger partial charge is 0.409 e. The summed E-state index contributed by atoms with van der Waals surface area (Å²) in [6.45, 7) is 2.61. The molecule has 0 saturated carbocycles. The summed E-state index contributed by atoms with van der Waals surface area (Å²) >= 11 is -0.923. The van der Waals surface area contributed by atoms with Gasteiger partial charge in [0.2, 0.25) is 0 Å². The highest BCUT2D eigenvalue weighted by atomic mass is 32.2. The molecule has 1 unspecified atom stereocenters. The van der Waals surface area contributed by atoms with Crippen LogP contribution in [0.3, 0.4) is 0 Å². The lowest BCUT2D eigenvalue weighted by Gasteiger charge is -1.98. The zero-order valence-electron chi connectivity index (χ0n) is 11.0. The van der Waals surface area contributed by atoms with Gasteiger partial charge in [0, 0.05) is 13.5 Å². The molecule has 3 aliphatic heterocycles. The van der Waals surface area contributed by atoms with Gasteiger partial charge in [-0.3, -0.25) is 8.98 Å². The Balaban J connectivity index is 0.000000143. The number of likely N-dealkylation sites (N-methyl/N-ethyl adjacent to an activating group) is 1. The van der Waals surface area contributed by atoms with E-state index in [0.717, 1.165) is 25.1 Å². The average molecular weight is 293 g/mol. The quantitative estimate of drug-likeness (QED) is 0.604. The van der Waals surface area contributed by atoms with E-state index in [1.54, 1.807) is 11.9 Å². The average Bonchev–Trinajstić information content (AvgIpc) is 3.09. The molecule has 19 heavy (non-hydrogen) atoms. The highest BCUT2D eigenvalue weighted by molar-refractivity contribution is 7.80. The molecule has 0 spiro atoms. The number of amides is 1. The van der Waals surface area contributed by atoms with Crippen molar-refractivity contribution in [2.24, 2.45) is 0 Å². The fourth-order valence-corrected chi connectivity index (χ4v) is 2.11. The number of nitrogens with zero attached hydrogens (tertiary/aromatic N) is 1. The molecule has 0 aromatic heterocycles. The van der Waals surface area contributed by atoms with E-state index >= 15 is 0 Å². The molecule has 7 nitrogen and oxygen atoms in total. The minimum absolute atomic E-state index is 0.0463. The topological polar surface area (TPSA) is 82.1 Å². The van der Waals surface area contributed by atoms with Gasteiger partial charge >= 0.3 is 12.1 Å². The first-order valence-electron chi connectivity index (χ1n) is 6.15. The molecule has 3 heterocycles. The van der Waals surface area contributed by atoms with Crippen LogP contribution >= 0.6 is 0 Å². The number of cyclic esters (lactones) is 2. The van der Waals surface area contributed by atoms with Crippen LogP contribution in [0, 0.1) is 0 Å². The molecule has 0 aromatic rings. The van der Waals surface area contributed by atoms with Crippen molar-refractivity contribution in [3.63, 3.8) is 0 Å². The van der Waals surface area contributed by atoms with E-state index in [0.29, 0.717) is 26.2 Å². The normalized spacial score (nSPS) is 24.9. The molecule has 3 aliphatic rings. The van der Waals surface area contributed by atoms with Gasteiger partial charge in [-0.15, -0.1) is 0 Å². The number of carbonyl (C=O) groups is 2.